The van der Waals surface area contributed by atoms with Crippen molar-refractivity contribution in [2.45, 2.75) is 120 Å². The molecule has 0 aliphatic carbocycles. The van der Waals surface area contributed by atoms with Gasteiger partial charge in [-0.1, -0.05) is 75.5 Å². The summed E-state index contributed by atoms with van der Waals surface area (Å²) in [4.78, 5) is 52.1. The fourth-order valence-electron chi connectivity index (χ4n) is 4.08. The Morgan fingerprint density at radius 1 is 1.12 bits per heavy atom. The number of ether oxygens (including phenoxy) is 2. The van der Waals surface area contributed by atoms with E-state index >= 15 is 0 Å². The monoisotopic (exact) mass is 685 g/mol. The molecule has 5 atom stereocenters. The van der Waals surface area contributed by atoms with Crippen molar-refractivity contribution < 1.29 is 33.1 Å². The number of carbonyl (C=O) groups excluding carboxylic acids is 4. The number of alkyl halides is 3. The first-order valence-electron chi connectivity index (χ1n) is 14.7. The van der Waals surface area contributed by atoms with Crippen molar-refractivity contribution in [2.75, 3.05) is 13.2 Å². The summed E-state index contributed by atoms with van der Waals surface area (Å²) in [5.74, 6) is -3.27. The van der Waals surface area contributed by atoms with Gasteiger partial charge in [0.15, 0.2) is 14.4 Å². The lowest BCUT2D eigenvalue weighted by Crippen LogP contribution is -2.60. The van der Waals surface area contributed by atoms with Gasteiger partial charge in [-0.3, -0.25) is 24.2 Å². The first-order valence-corrected chi connectivity index (χ1v) is 18.8. The maximum absolute atomic E-state index is 13.3. The third-order valence-corrected chi connectivity index (χ3v) is 12.6. The summed E-state index contributed by atoms with van der Waals surface area (Å²) in [6.07, 6.45) is 2.45. The van der Waals surface area contributed by atoms with Crippen molar-refractivity contribution in [1.82, 2.24) is 15.8 Å². The number of hydrogen-bond donors (Lipinski definition) is 2. The van der Waals surface area contributed by atoms with Gasteiger partial charge in [-0.05, 0) is 63.6 Å². The van der Waals surface area contributed by atoms with Crippen LogP contribution in [0.25, 0.3) is 0 Å². The van der Waals surface area contributed by atoms with Crippen LogP contribution < -0.4 is 10.7 Å². The Hall–Kier alpha value is -1.37. The number of carbonyl (C=O) groups is 4. The maximum Gasteiger partial charge on any atom is 0.325 e. The predicted octanol–water partition coefficient (Wildman–Crippen LogP) is 5.46. The molecule has 0 bridgehead atoms. The van der Waals surface area contributed by atoms with E-state index in [1.54, 1.807) is 26.8 Å². The zero-order valence-electron chi connectivity index (χ0n) is 26.9. The minimum absolute atomic E-state index is 0.0555. The van der Waals surface area contributed by atoms with E-state index < -0.39 is 72.7 Å². The fourth-order valence-corrected chi connectivity index (χ4v) is 5.68. The van der Waals surface area contributed by atoms with Crippen molar-refractivity contribution >= 4 is 66.9 Å². The summed E-state index contributed by atoms with van der Waals surface area (Å²) in [6, 6.07) is -1.79. The Morgan fingerprint density at radius 2 is 1.72 bits per heavy atom. The van der Waals surface area contributed by atoms with Crippen LogP contribution in [0.3, 0.4) is 0 Å². The van der Waals surface area contributed by atoms with Crippen molar-refractivity contribution in [3.63, 3.8) is 0 Å². The van der Waals surface area contributed by atoms with E-state index in [0.717, 1.165) is 0 Å². The van der Waals surface area contributed by atoms with Crippen LogP contribution in [0.5, 0.6) is 0 Å². The summed E-state index contributed by atoms with van der Waals surface area (Å²) >= 11 is 16.9. The fraction of sp³-hybridized carbons (Fsp3) is 0.793. The van der Waals surface area contributed by atoms with E-state index in [9.17, 15) is 19.2 Å². The highest BCUT2D eigenvalue weighted by Gasteiger charge is 2.42. The van der Waals surface area contributed by atoms with Crippen LogP contribution in [0, 0.1) is 11.8 Å². The molecule has 0 radical (unpaired) electrons. The molecule has 0 saturated carbocycles. The Balaban J connectivity index is 2.90. The Kier molecular flexibility index (Phi) is 15.5. The Bertz CT molecular complexity index is 985. The Labute approximate surface area is 272 Å². The minimum Gasteiger partial charge on any atom is -0.460 e. The van der Waals surface area contributed by atoms with Gasteiger partial charge >= 0.3 is 11.9 Å². The molecule has 248 valence electrons. The minimum atomic E-state index is -2.20. The average Bonchev–Trinajstić information content (AvgIpc) is 2.90. The molecule has 14 heteroatoms. The first-order chi connectivity index (χ1) is 19.6. The third-order valence-electron chi connectivity index (χ3n) is 7.79. The van der Waals surface area contributed by atoms with E-state index in [-0.39, 0.29) is 11.0 Å². The van der Waals surface area contributed by atoms with E-state index in [1.807, 2.05) is 0 Å². The standard InChI is InChI=1S/C29H50Cl3N3O7Si/c1-11-12-15-22(42-43(9,10)28(6,7)8)19(4)26(38)41-23(18(2)3)24(36)33-20(5)25(37)35-16-13-14-21(34-35)27(39)40-17-29(30,31)32/h11,18-23,34H,1,12-17H2,2-10H3,(H,33,36). The highest BCUT2D eigenvalue weighted by atomic mass is 35.6. The molecule has 0 aromatic carbocycles. The molecule has 1 saturated heterocycles. The highest BCUT2D eigenvalue weighted by Crippen LogP contribution is 2.39. The van der Waals surface area contributed by atoms with Crippen LogP contribution in [0.4, 0.5) is 0 Å². The van der Waals surface area contributed by atoms with Gasteiger partial charge in [0.1, 0.15) is 18.7 Å². The van der Waals surface area contributed by atoms with Gasteiger partial charge in [0, 0.05) is 6.54 Å². The van der Waals surface area contributed by atoms with Crippen LogP contribution in [0.1, 0.15) is 74.1 Å². The molecule has 1 rings (SSSR count). The van der Waals surface area contributed by atoms with Crippen molar-refractivity contribution in [3.05, 3.63) is 12.7 Å². The van der Waals surface area contributed by atoms with Gasteiger partial charge in [-0.25, -0.2) is 5.43 Å². The molecule has 1 fully saturated rings. The van der Waals surface area contributed by atoms with E-state index in [1.165, 1.54) is 11.9 Å². The summed E-state index contributed by atoms with van der Waals surface area (Å²) in [5.41, 5.74) is 2.83. The summed E-state index contributed by atoms with van der Waals surface area (Å²) in [6.45, 7) is 21.1. The highest BCUT2D eigenvalue weighted by molar-refractivity contribution is 6.74. The number of halogens is 3. The summed E-state index contributed by atoms with van der Waals surface area (Å²) in [7, 11) is -2.20. The molecule has 0 aromatic heterocycles. The molecule has 0 spiro atoms. The van der Waals surface area contributed by atoms with Gasteiger partial charge in [-0.15, -0.1) is 6.58 Å². The lowest BCUT2D eigenvalue weighted by molar-refractivity contribution is -0.165. The van der Waals surface area contributed by atoms with Gasteiger partial charge in [0.05, 0.1) is 12.0 Å². The van der Waals surface area contributed by atoms with Gasteiger partial charge in [0.25, 0.3) is 11.8 Å². The third kappa shape index (κ3) is 12.9. The predicted molar refractivity (Wildman–Crippen MR) is 172 cm³/mol. The largest absolute Gasteiger partial charge is 0.460 e. The molecule has 43 heavy (non-hydrogen) atoms. The summed E-state index contributed by atoms with van der Waals surface area (Å²) < 4.78 is 15.6. The second kappa shape index (κ2) is 16.8. The number of allylic oxidation sites excluding steroid dienone is 1. The SMILES string of the molecule is C=CCCC(O[Si](C)(C)C(C)(C)C)C(C)C(=O)OC(C(=O)NC(C)C(=O)N1CCCC(C(=O)OCC(Cl)(Cl)Cl)N1)C(C)C. The summed E-state index contributed by atoms with van der Waals surface area (Å²) in [5, 5.41) is 3.86. The number of amides is 2. The van der Waals surface area contributed by atoms with Crippen LogP contribution in [0.15, 0.2) is 12.7 Å². The van der Waals surface area contributed by atoms with Gasteiger partial charge in [-0.2, -0.15) is 0 Å². The smallest absolute Gasteiger partial charge is 0.325 e. The van der Waals surface area contributed by atoms with Crippen molar-refractivity contribution in [3.8, 4) is 0 Å². The zero-order chi connectivity index (χ0) is 33.3. The van der Waals surface area contributed by atoms with E-state index in [4.69, 9.17) is 48.7 Å². The molecular formula is C29H50Cl3N3O7Si. The second-order valence-corrected chi connectivity index (χ2v) is 20.2. The van der Waals surface area contributed by atoms with Crippen LogP contribution in [0.2, 0.25) is 18.1 Å². The lowest BCUT2D eigenvalue weighted by atomic mass is 10.00. The molecule has 1 heterocycles. The van der Waals surface area contributed by atoms with Gasteiger partial charge < -0.3 is 19.2 Å². The molecule has 2 N–H and O–H groups in total. The lowest BCUT2D eigenvalue weighted by Gasteiger charge is -2.40. The quantitative estimate of drug-likeness (QED) is 0.107. The van der Waals surface area contributed by atoms with E-state index in [0.29, 0.717) is 32.2 Å². The number of rotatable bonds is 14. The van der Waals surface area contributed by atoms with E-state index in [2.05, 4.69) is 51.2 Å². The molecule has 1 aliphatic heterocycles. The van der Waals surface area contributed by atoms with Crippen LogP contribution >= 0.6 is 34.8 Å². The molecular weight excluding hydrogens is 637 g/mol. The number of hydrazine groups is 1. The zero-order valence-corrected chi connectivity index (χ0v) is 30.2. The number of esters is 2. The van der Waals surface area contributed by atoms with Crippen molar-refractivity contribution in [2.24, 2.45) is 11.8 Å². The number of hydrogen-bond acceptors (Lipinski definition) is 8. The van der Waals surface area contributed by atoms with Crippen molar-refractivity contribution in [1.29, 1.82) is 0 Å². The normalized spacial score (nSPS) is 19.2. The molecule has 10 nitrogen and oxygen atoms in total. The molecule has 2 amide bonds. The van der Waals surface area contributed by atoms with Crippen LogP contribution in [-0.2, 0) is 33.1 Å². The second-order valence-electron chi connectivity index (χ2n) is 12.9. The number of nitrogens with zero attached hydrogens (tertiary/aromatic N) is 1. The topological polar surface area (TPSA) is 123 Å². The number of nitrogens with one attached hydrogen (secondary N) is 2. The average molecular weight is 687 g/mol. The van der Waals surface area contributed by atoms with Gasteiger partial charge in [0.2, 0.25) is 3.79 Å². The molecule has 1 aliphatic rings. The molecule has 0 aromatic rings. The first kappa shape index (κ1) is 39.7. The molecule has 5 unspecified atom stereocenters. The van der Waals surface area contributed by atoms with Crippen LogP contribution in [-0.4, -0.2) is 78.3 Å². The maximum atomic E-state index is 13.3. The Morgan fingerprint density at radius 3 is 2.23 bits per heavy atom.